The Morgan fingerprint density at radius 1 is 1.38 bits per heavy atom. The van der Waals surface area contributed by atoms with E-state index in [1.165, 1.54) is 0 Å². The molecule has 1 aliphatic rings. The highest BCUT2D eigenvalue weighted by Gasteiger charge is 2.22. The smallest absolute Gasteiger partial charge is 0.198 e. The van der Waals surface area contributed by atoms with E-state index in [1.54, 1.807) is 0 Å². The molecule has 1 aromatic rings. The van der Waals surface area contributed by atoms with Crippen molar-refractivity contribution < 1.29 is 4.74 Å². The second-order valence-corrected chi connectivity index (χ2v) is 3.48. The van der Waals surface area contributed by atoms with Gasteiger partial charge in [-0.05, 0) is 11.6 Å². The van der Waals surface area contributed by atoms with E-state index in [0.29, 0.717) is 6.42 Å². The third kappa shape index (κ3) is 2.22. The van der Waals surface area contributed by atoms with Crippen LogP contribution in [0.4, 0.5) is 0 Å². The van der Waals surface area contributed by atoms with Gasteiger partial charge >= 0.3 is 0 Å². The maximum absolute atomic E-state index is 7.47. The molecule has 0 saturated heterocycles. The molecular formula is C10H13N5O. The number of ether oxygens (including phenoxy) is 1. The highest BCUT2D eigenvalue weighted by Crippen LogP contribution is 2.26. The van der Waals surface area contributed by atoms with E-state index in [0.717, 1.165) is 11.3 Å². The quantitative estimate of drug-likeness (QED) is 0.337. The molecule has 16 heavy (non-hydrogen) atoms. The van der Waals surface area contributed by atoms with Crippen LogP contribution >= 0.6 is 0 Å². The van der Waals surface area contributed by atoms with E-state index in [1.807, 2.05) is 24.3 Å². The summed E-state index contributed by atoms with van der Waals surface area (Å²) in [5, 5.41) is 19.6. The lowest BCUT2D eigenvalue weighted by Gasteiger charge is -2.14. The SMILES string of the molecule is N=C(N)NC(=N)NC1Cc2ccccc2O1. The van der Waals surface area contributed by atoms with E-state index in [9.17, 15) is 0 Å². The third-order valence-electron chi connectivity index (χ3n) is 2.21. The van der Waals surface area contributed by atoms with Crippen LogP contribution in [0.1, 0.15) is 5.56 Å². The standard InChI is InChI=1S/C10H13N5O/c11-9(12)15-10(13)14-8-5-6-3-1-2-4-7(6)16-8/h1-4,8H,5H2,(H6,11,12,13,14,15). The summed E-state index contributed by atoms with van der Waals surface area (Å²) in [4.78, 5) is 0. The molecule has 0 amide bonds. The highest BCUT2D eigenvalue weighted by atomic mass is 16.5. The number of para-hydroxylation sites is 1. The maximum Gasteiger partial charge on any atom is 0.198 e. The molecule has 1 heterocycles. The Bertz CT molecular complexity index is 406. The molecule has 0 aliphatic carbocycles. The van der Waals surface area contributed by atoms with Crippen LogP contribution in [0, 0.1) is 10.8 Å². The Morgan fingerprint density at radius 3 is 2.81 bits per heavy atom. The summed E-state index contributed by atoms with van der Waals surface area (Å²) >= 11 is 0. The number of nitrogens with one attached hydrogen (secondary N) is 4. The second-order valence-electron chi connectivity index (χ2n) is 3.48. The fourth-order valence-electron chi connectivity index (χ4n) is 1.59. The van der Waals surface area contributed by atoms with Gasteiger partial charge in [0.15, 0.2) is 18.1 Å². The average molecular weight is 219 g/mol. The summed E-state index contributed by atoms with van der Waals surface area (Å²) in [5.74, 6) is 0.522. The van der Waals surface area contributed by atoms with Gasteiger partial charge in [0.1, 0.15) is 5.75 Å². The second kappa shape index (κ2) is 4.09. The number of hydrogen-bond acceptors (Lipinski definition) is 3. The predicted octanol–water partition coefficient (Wildman–Crippen LogP) is -0.0450. The minimum absolute atomic E-state index is 0.0368. The van der Waals surface area contributed by atoms with E-state index in [2.05, 4.69) is 10.6 Å². The van der Waals surface area contributed by atoms with Gasteiger partial charge in [-0.25, -0.2) is 0 Å². The van der Waals surface area contributed by atoms with Crippen LogP contribution in [0.2, 0.25) is 0 Å². The molecule has 6 nitrogen and oxygen atoms in total. The summed E-state index contributed by atoms with van der Waals surface area (Å²) in [6.45, 7) is 0. The topological polar surface area (TPSA) is 107 Å². The Kier molecular flexibility index (Phi) is 2.63. The van der Waals surface area contributed by atoms with Crippen molar-refractivity contribution in [2.24, 2.45) is 5.73 Å². The maximum atomic E-state index is 7.47. The van der Waals surface area contributed by atoms with E-state index >= 15 is 0 Å². The molecule has 0 aromatic heterocycles. The minimum atomic E-state index is -0.281. The molecule has 0 bridgehead atoms. The van der Waals surface area contributed by atoms with Crippen LogP contribution in [0.15, 0.2) is 24.3 Å². The van der Waals surface area contributed by atoms with E-state index in [-0.39, 0.29) is 18.1 Å². The zero-order chi connectivity index (χ0) is 11.5. The fourth-order valence-corrected chi connectivity index (χ4v) is 1.59. The Hall–Kier alpha value is -2.24. The van der Waals surface area contributed by atoms with Gasteiger partial charge in [0.25, 0.3) is 0 Å². The van der Waals surface area contributed by atoms with Crippen molar-refractivity contribution >= 4 is 11.9 Å². The summed E-state index contributed by atoms with van der Waals surface area (Å²) in [5.41, 5.74) is 6.21. The Labute approximate surface area is 92.8 Å². The number of rotatable bonds is 1. The largest absolute Gasteiger partial charge is 0.470 e. The van der Waals surface area contributed by atoms with E-state index in [4.69, 9.17) is 21.3 Å². The lowest BCUT2D eigenvalue weighted by Crippen LogP contribution is -2.48. The fraction of sp³-hybridized carbons (Fsp3) is 0.200. The molecule has 1 aromatic carbocycles. The van der Waals surface area contributed by atoms with Gasteiger partial charge in [0.2, 0.25) is 0 Å². The van der Waals surface area contributed by atoms with Gasteiger partial charge in [0.05, 0.1) is 0 Å². The normalized spacial score (nSPS) is 17.1. The van der Waals surface area contributed by atoms with Crippen molar-refractivity contribution in [3.05, 3.63) is 29.8 Å². The summed E-state index contributed by atoms with van der Waals surface area (Å²) < 4.78 is 5.56. The van der Waals surface area contributed by atoms with Crippen LogP contribution in [0.5, 0.6) is 5.75 Å². The lowest BCUT2D eigenvalue weighted by atomic mass is 10.1. The zero-order valence-corrected chi connectivity index (χ0v) is 8.58. The number of fused-ring (bicyclic) bond motifs is 1. The monoisotopic (exact) mass is 219 g/mol. The van der Waals surface area contributed by atoms with Gasteiger partial charge in [0, 0.05) is 6.42 Å². The molecular weight excluding hydrogens is 206 g/mol. The molecule has 0 fully saturated rings. The van der Waals surface area contributed by atoms with Crippen molar-refractivity contribution in [3.8, 4) is 5.75 Å². The third-order valence-corrected chi connectivity index (χ3v) is 2.21. The molecule has 0 spiro atoms. The van der Waals surface area contributed by atoms with Crippen LogP contribution in [-0.2, 0) is 6.42 Å². The van der Waals surface area contributed by atoms with Crippen LogP contribution in [0.25, 0.3) is 0 Å². The number of guanidine groups is 2. The van der Waals surface area contributed by atoms with E-state index < -0.39 is 0 Å². The molecule has 2 rings (SSSR count). The molecule has 1 aliphatic heterocycles. The number of benzene rings is 1. The first-order valence-electron chi connectivity index (χ1n) is 4.86. The average Bonchev–Trinajstić information content (AvgIpc) is 2.57. The summed E-state index contributed by atoms with van der Waals surface area (Å²) in [7, 11) is 0. The van der Waals surface area contributed by atoms with Gasteiger partial charge in [-0.2, -0.15) is 0 Å². The van der Waals surface area contributed by atoms with Crippen LogP contribution < -0.4 is 21.1 Å². The minimum Gasteiger partial charge on any atom is -0.470 e. The number of nitrogens with two attached hydrogens (primary N) is 1. The van der Waals surface area contributed by atoms with Gasteiger partial charge < -0.3 is 15.8 Å². The first-order valence-corrected chi connectivity index (χ1v) is 4.86. The van der Waals surface area contributed by atoms with Crippen molar-refractivity contribution in [2.45, 2.75) is 12.6 Å². The van der Waals surface area contributed by atoms with Gasteiger partial charge in [-0.15, -0.1) is 0 Å². The molecule has 6 heteroatoms. The Morgan fingerprint density at radius 2 is 2.12 bits per heavy atom. The van der Waals surface area contributed by atoms with Crippen LogP contribution in [0.3, 0.4) is 0 Å². The summed E-state index contributed by atoms with van der Waals surface area (Å²) in [6.07, 6.45) is 0.412. The van der Waals surface area contributed by atoms with Gasteiger partial charge in [-0.1, -0.05) is 18.2 Å². The molecule has 0 radical (unpaired) electrons. The number of hydrogen-bond donors (Lipinski definition) is 5. The zero-order valence-electron chi connectivity index (χ0n) is 8.58. The predicted molar refractivity (Wildman–Crippen MR) is 60.5 cm³/mol. The molecule has 84 valence electrons. The lowest BCUT2D eigenvalue weighted by molar-refractivity contribution is 0.216. The van der Waals surface area contributed by atoms with Gasteiger partial charge in [-0.3, -0.25) is 16.1 Å². The molecule has 1 atom stereocenters. The van der Waals surface area contributed by atoms with Crippen molar-refractivity contribution in [1.29, 1.82) is 10.8 Å². The summed E-state index contributed by atoms with van der Waals surface area (Å²) in [6, 6.07) is 7.72. The highest BCUT2D eigenvalue weighted by molar-refractivity contribution is 5.94. The van der Waals surface area contributed by atoms with Crippen LogP contribution in [-0.4, -0.2) is 18.1 Å². The molecule has 1 unspecified atom stereocenters. The molecule has 0 saturated carbocycles. The van der Waals surface area contributed by atoms with Crippen molar-refractivity contribution in [1.82, 2.24) is 10.6 Å². The van der Waals surface area contributed by atoms with Crippen molar-refractivity contribution in [3.63, 3.8) is 0 Å². The first kappa shape index (κ1) is 10.3. The first-order chi connectivity index (χ1) is 7.65. The van der Waals surface area contributed by atoms with Crippen molar-refractivity contribution in [2.75, 3.05) is 0 Å². The Balaban J connectivity index is 1.92. The molecule has 6 N–H and O–H groups in total.